The highest BCUT2D eigenvalue weighted by Gasteiger charge is 2.13. The molecule has 7 heteroatoms. The van der Waals surface area contributed by atoms with Crippen LogP contribution in [0.2, 0.25) is 5.02 Å². The molecule has 0 bridgehead atoms. The Balaban J connectivity index is 1.66. The van der Waals surface area contributed by atoms with Gasteiger partial charge in [-0.05, 0) is 35.9 Å². The lowest BCUT2D eigenvalue weighted by Gasteiger charge is -2.07. The predicted octanol–water partition coefficient (Wildman–Crippen LogP) is 3.23. The zero-order valence-corrected chi connectivity index (χ0v) is 13.7. The Morgan fingerprint density at radius 2 is 2.00 bits per heavy atom. The monoisotopic (exact) mass is 345 g/mol. The minimum Gasteiger partial charge on any atom is -0.497 e. The van der Waals surface area contributed by atoms with Crippen molar-refractivity contribution in [1.82, 2.24) is 16.0 Å². The number of rotatable bonds is 7. The van der Waals surface area contributed by atoms with Crippen molar-refractivity contribution >= 4 is 28.8 Å². The number of benzene rings is 2. The topological polar surface area (TPSA) is 75.4 Å². The summed E-state index contributed by atoms with van der Waals surface area (Å²) >= 11 is 5.84. The molecule has 24 heavy (non-hydrogen) atoms. The molecule has 0 fully saturated rings. The van der Waals surface area contributed by atoms with Crippen LogP contribution in [-0.4, -0.2) is 18.4 Å². The Kier molecular flexibility index (Phi) is 5.00. The van der Waals surface area contributed by atoms with E-state index in [0.717, 1.165) is 22.8 Å². The summed E-state index contributed by atoms with van der Waals surface area (Å²) in [6.45, 7) is 0.529. The number of nitrogens with one attached hydrogen (secondary N) is 3. The molecule has 0 aliphatic heterocycles. The zero-order valence-electron chi connectivity index (χ0n) is 12.9. The lowest BCUT2D eigenvalue weighted by Crippen LogP contribution is -2.34. The second-order valence-electron chi connectivity index (χ2n) is 5.08. The molecule has 0 aliphatic carbocycles. The lowest BCUT2D eigenvalue weighted by atomic mass is 10.2. The van der Waals surface area contributed by atoms with Gasteiger partial charge in [-0.2, -0.15) is 0 Å². The largest absolute Gasteiger partial charge is 0.497 e. The summed E-state index contributed by atoms with van der Waals surface area (Å²) in [5, 5.41) is 1.42. The number of aromatic nitrogens is 1. The summed E-state index contributed by atoms with van der Waals surface area (Å²) in [6.07, 6.45) is 0.745. The molecular weight excluding hydrogens is 330 g/mol. The van der Waals surface area contributed by atoms with Crippen molar-refractivity contribution in [3.05, 3.63) is 58.6 Å². The maximum Gasteiger partial charge on any atom is 0.229 e. The van der Waals surface area contributed by atoms with Gasteiger partial charge in [-0.15, -0.1) is 0 Å². The molecule has 2 aromatic carbocycles. The van der Waals surface area contributed by atoms with Crippen LogP contribution >= 0.6 is 11.6 Å². The van der Waals surface area contributed by atoms with Crippen LogP contribution in [0.5, 0.6) is 11.6 Å². The molecule has 124 valence electrons. The van der Waals surface area contributed by atoms with Gasteiger partial charge in [0.25, 0.3) is 0 Å². The van der Waals surface area contributed by atoms with Gasteiger partial charge in [-0.3, -0.25) is 4.79 Å². The molecular formula is C17H16ClN3O3. The number of methoxy groups -OCH3 is 1. The maximum absolute atomic E-state index is 11.4. The second kappa shape index (κ2) is 7.35. The molecule has 0 amide bonds. The molecule has 3 aromatic rings. The van der Waals surface area contributed by atoms with Crippen molar-refractivity contribution in [2.24, 2.45) is 0 Å². The molecule has 0 radical (unpaired) electrons. The number of aromatic amines is 1. The van der Waals surface area contributed by atoms with E-state index in [9.17, 15) is 4.79 Å². The summed E-state index contributed by atoms with van der Waals surface area (Å²) in [5.41, 5.74) is 7.78. The van der Waals surface area contributed by atoms with E-state index in [0.29, 0.717) is 28.8 Å². The summed E-state index contributed by atoms with van der Waals surface area (Å²) < 4.78 is 5.18. The van der Waals surface area contributed by atoms with Gasteiger partial charge in [0.15, 0.2) is 6.29 Å². The molecule has 3 rings (SSSR count). The van der Waals surface area contributed by atoms with Crippen LogP contribution in [-0.2, 0) is 6.54 Å². The Morgan fingerprint density at radius 1 is 1.21 bits per heavy atom. The second-order valence-corrected chi connectivity index (χ2v) is 5.52. The number of ether oxygens (including phenoxy) is 1. The van der Waals surface area contributed by atoms with Crippen molar-refractivity contribution < 1.29 is 14.4 Å². The Hall–Kier alpha value is -2.54. The molecule has 6 nitrogen and oxygen atoms in total. The van der Waals surface area contributed by atoms with Gasteiger partial charge in [0.05, 0.1) is 12.7 Å². The molecule has 0 spiro atoms. The van der Waals surface area contributed by atoms with Crippen molar-refractivity contribution in [2.45, 2.75) is 6.54 Å². The van der Waals surface area contributed by atoms with E-state index in [1.165, 1.54) is 0 Å². The number of hydrogen-bond donors (Lipinski definition) is 3. The van der Waals surface area contributed by atoms with E-state index in [-0.39, 0.29) is 0 Å². The van der Waals surface area contributed by atoms with E-state index >= 15 is 0 Å². The minimum absolute atomic E-state index is 0.330. The van der Waals surface area contributed by atoms with E-state index in [1.807, 2.05) is 36.4 Å². The highest BCUT2D eigenvalue weighted by atomic mass is 35.5. The Labute approximate surface area is 143 Å². The quantitative estimate of drug-likeness (QED) is 0.348. The van der Waals surface area contributed by atoms with Gasteiger partial charge in [0.1, 0.15) is 5.75 Å². The fourth-order valence-electron chi connectivity index (χ4n) is 2.32. The third-order valence-electron chi connectivity index (χ3n) is 3.56. The average molecular weight is 346 g/mol. The Morgan fingerprint density at radius 3 is 2.71 bits per heavy atom. The van der Waals surface area contributed by atoms with Gasteiger partial charge in [0.2, 0.25) is 5.88 Å². The molecule has 0 atom stereocenters. The number of halogens is 1. The summed E-state index contributed by atoms with van der Waals surface area (Å²) in [5.74, 6) is 1.00. The van der Waals surface area contributed by atoms with Crippen LogP contribution in [0.4, 0.5) is 0 Å². The van der Waals surface area contributed by atoms with Crippen LogP contribution in [0.1, 0.15) is 15.9 Å². The molecule has 3 N–H and O–H groups in total. The van der Waals surface area contributed by atoms with Crippen molar-refractivity contribution in [1.29, 1.82) is 0 Å². The first-order valence-electron chi connectivity index (χ1n) is 7.25. The first-order valence-corrected chi connectivity index (χ1v) is 7.63. The van der Waals surface area contributed by atoms with Crippen LogP contribution in [0, 0.1) is 0 Å². The van der Waals surface area contributed by atoms with E-state index in [4.69, 9.17) is 21.2 Å². The molecule has 0 unspecified atom stereocenters. The van der Waals surface area contributed by atoms with Gasteiger partial charge in [0, 0.05) is 22.5 Å². The van der Waals surface area contributed by atoms with Gasteiger partial charge >= 0.3 is 0 Å². The number of hydrazine groups is 1. The van der Waals surface area contributed by atoms with Gasteiger partial charge in [-0.1, -0.05) is 29.3 Å². The van der Waals surface area contributed by atoms with E-state index in [1.54, 1.807) is 13.2 Å². The smallest absolute Gasteiger partial charge is 0.229 e. The number of H-pyrrole nitrogens is 1. The fraction of sp³-hybridized carbons (Fsp3) is 0.118. The van der Waals surface area contributed by atoms with Crippen LogP contribution in [0.3, 0.4) is 0 Å². The van der Waals surface area contributed by atoms with Crippen LogP contribution in [0.25, 0.3) is 10.9 Å². The molecule has 1 aromatic heterocycles. The average Bonchev–Trinajstić information content (AvgIpc) is 2.96. The molecule has 0 saturated carbocycles. The Bertz CT molecular complexity index is 846. The summed E-state index contributed by atoms with van der Waals surface area (Å²) in [7, 11) is 1.58. The number of fused-ring (bicyclic) bond motifs is 1. The first kappa shape index (κ1) is 16.3. The lowest BCUT2D eigenvalue weighted by molar-refractivity contribution is 0.110. The minimum atomic E-state index is 0.330. The highest BCUT2D eigenvalue weighted by molar-refractivity contribution is 6.30. The fourth-order valence-corrected chi connectivity index (χ4v) is 2.45. The predicted molar refractivity (Wildman–Crippen MR) is 92.3 cm³/mol. The van der Waals surface area contributed by atoms with Gasteiger partial charge < -0.3 is 14.6 Å². The number of carbonyl (C=O) groups is 1. The van der Waals surface area contributed by atoms with Gasteiger partial charge in [-0.25, -0.2) is 5.43 Å². The van der Waals surface area contributed by atoms with E-state index in [2.05, 4.69) is 16.0 Å². The summed E-state index contributed by atoms with van der Waals surface area (Å²) in [4.78, 5) is 19.8. The third-order valence-corrected chi connectivity index (χ3v) is 3.81. The maximum atomic E-state index is 11.4. The van der Waals surface area contributed by atoms with Crippen LogP contribution in [0.15, 0.2) is 42.5 Å². The number of carbonyl (C=O) groups excluding carboxylic acids is 1. The zero-order chi connectivity index (χ0) is 16.9. The molecule has 0 saturated heterocycles. The standard InChI is InChI=1S/C17H16ClN3O3/c1-23-13-6-7-16-14(8-13)15(10-22)17(20-16)24-21-19-9-11-2-4-12(18)5-3-11/h2-8,10,19-21H,9H2,1H3. The number of hydrogen-bond acceptors (Lipinski definition) is 5. The van der Waals surface area contributed by atoms with Crippen molar-refractivity contribution in [3.8, 4) is 11.6 Å². The van der Waals surface area contributed by atoms with Crippen molar-refractivity contribution in [2.75, 3.05) is 7.11 Å². The summed E-state index contributed by atoms with van der Waals surface area (Å²) in [6, 6.07) is 12.9. The van der Waals surface area contributed by atoms with Crippen molar-refractivity contribution in [3.63, 3.8) is 0 Å². The third kappa shape index (κ3) is 3.51. The number of aldehydes is 1. The van der Waals surface area contributed by atoms with E-state index < -0.39 is 0 Å². The molecule has 0 aliphatic rings. The highest BCUT2D eigenvalue weighted by Crippen LogP contribution is 2.29. The SMILES string of the molecule is COc1ccc2[nH]c(ONNCc3ccc(Cl)cc3)c(C=O)c2c1. The normalized spacial score (nSPS) is 10.8. The first-order chi connectivity index (χ1) is 11.7. The van der Waals surface area contributed by atoms with Crippen LogP contribution < -0.4 is 20.6 Å². The molecule has 1 heterocycles.